The van der Waals surface area contributed by atoms with E-state index in [2.05, 4.69) is 15.2 Å². The van der Waals surface area contributed by atoms with Crippen LogP contribution in [0.1, 0.15) is 41.2 Å². The Morgan fingerprint density at radius 2 is 1.96 bits per heavy atom. The fourth-order valence-corrected chi connectivity index (χ4v) is 5.08. The van der Waals surface area contributed by atoms with Gasteiger partial charge in [0.1, 0.15) is 10.7 Å². The van der Waals surface area contributed by atoms with Gasteiger partial charge in [-0.2, -0.15) is 11.8 Å². The molecule has 2 heterocycles. The van der Waals surface area contributed by atoms with Crippen LogP contribution in [0.25, 0.3) is 0 Å². The minimum atomic E-state index is -0.0615. The number of hydrogen-bond donors (Lipinski definition) is 2. The Labute approximate surface area is 164 Å². The number of hydrogen-bond acceptors (Lipinski definition) is 6. The average molecular weight is 413 g/mol. The van der Waals surface area contributed by atoms with Gasteiger partial charge in [0.25, 0.3) is 5.91 Å². The van der Waals surface area contributed by atoms with Gasteiger partial charge in [0.2, 0.25) is 0 Å². The molecule has 1 amide bonds. The standard InChI is InChI=1S/C15H24N4OS2.2ClH/c16-9-13-18-12(10-22-13)14(20)17-11-15(3-1-2-4-15)19-5-7-21-8-6-19;;/h10H,1-9,11,16H2,(H,17,20);2*1H. The highest BCUT2D eigenvalue weighted by molar-refractivity contribution is 7.99. The summed E-state index contributed by atoms with van der Waals surface area (Å²) >= 11 is 3.49. The van der Waals surface area contributed by atoms with Gasteiger partial charge in [-0.25, -0.2) is 4.98 Å². The molecule has 2 aliphatic rings. The SMILES string of the molecule is Cl.Cl.NCc1nc(C(=O)NCC2(N3CCSCC3)CCCC2)cs1. The second-order valence-electron chi connectivity index (χ2n) is 6.04. The Morgan fingerprint density at radius 1 is 1.29 bits per heavy atom. The zero-order valence-electron chi connectivity index (χ0n) is 13.7. The number of nitrogens with two attached hydrogens (primary N) is 1. The summed E-state index contributed by atoms with van der Waals surface area (Å²) in [4.78, 5) is 19.2. The summed E-state index contributed by atoms with van der Waals surface area (Å²) in [6.07, 6.45) is 4.94. The lowest BCUT2D eigenvalue weighted by atomic mass is 9.94. The van der Waals surface area contributed by atoms with Gasteiger partial charge in [-0.3, -0.25) is 9.69 Å². The summed E-state index contributed by atoms with van der Waals surface area (Å²) < 4.78 is 0. The monoisotopic (exact) mass is 412 g/mol. The highest BCUT2D eigenvalue weighted by Crippen LogP contribution is 2.36. The molecular formula is C15H26Cl2N4OS2. The third-order valence-corrected chi connectivity index (χ3v) is 6.57. The van der Waals surface area contributed by atoms with E-state index >= 15 is 0 Å². The molecule has 2 fully saturated rings. The van der Waals surface area contributed by atoms with E-state index in [9.17, 15) is 4.79 Å². The molecule has 1 saturated heterocycles. The van der Waals surface area contributed by atoms with Crippen molar-refractivity contribution < 1.29 is 4.79 Å². The van der Waals surface area contributed by atoms with Gasteiger partial charge < -0.3 is 11.1 Å². The first kappa shape index (κ1) is 22.0. The van der Waals surface area contributed by atoms with Crippen molar-refractivity contribution in [3.63, 3.8) is 0 Å². The van der Waals surface area contributed by atoms with Gasteiger partial charge in [0.15, 0.2) is 0 Å². The van der Waals surface area contributed by atoms with Gasteiger partial charge in [0.05, 0.1) is 0 Å². The third kappa shape index (κ3) is 4.99. The molecule has 1 aromatic rings. The fraction of sp³-hybridized carbons (Fsp3) is 0.733. The summed E-state index contributed by atoms with van der Waals surface area (Å²) in [6, 6.07) is 0. The van der Waals surface area contributed by atoms with Crippen molar-refractivity contribution in [2.24, 2.45) is 5.73 Å². The zero-order chi connectivity index (χ0) is 15.4. The van der Waals surface area contributed by atoms with Crippen LogP contribution in [0.3, 0.4) is 0 Å². The molecule has 0 bridgehead atoms. The van der Waals surface area contributed by atoms with E-state index in [-0.39, 0.29) is 36.3 Å². The fourth-order valence-electron chi connectivity index (χ4n) is 3.52. The highest BCUT2D eigenvalue weighted by Gasteiger charge is 2.40. The van der Waals surface area contributed by atoms with E-state index < -0.39 is 0 Å². The second kappa shape index (κ2) is 10.2. The van der Waals surface area contributed by atoms with Crippen LogP contribution in [0.5, 0.6) is 0 Å². The summed E-state index contributed by atoms with van der Waals surface area (Å²) in [5.41, 5.74) is 6.24. The van der Waals surface area contributed by atoms with Crippen molar-refractivity contribution in [2.45, 2.75) is 37.8 Å². The maximum Gasteiger partial charge on any atom is 0.270 e. The molecule has 24 heavy (non-hydrogen) atoms. The third-order valence-electron chi connectivity index (χ3n) is 4.75. The molecule has 3 rings (SSSR count). The molecule has 1 aromatic heterocycles. The molecule has 0 radical (unpaired) electrons. The van der Waals surface area contributed by atoms with Gasteiger partial charge in [-0.1, -0.05) is 12.8 Å². The van der Waals surface area contributed by atoms with Crippen molar-refractivity contribution in [2.75, 3.05) is 31.1 Å². The normalized spacial score (nSPS) is 20.0. The lowest BCUT2D eigenvalue weighted by Gasteiger charge is -2.43. The quantitative estimate of drug-likeness (QED) is 0.776. The molecular weight excluding hydrogens is 387 g/mol. The molecule has 1 aliphatic heterocycles. The van der Waals surface area contributed by atoms with Crippen LogP contribution < -0.4 is 11.1 Å². The number of aromatic nitrogens is 1. The number of thiazole rings is 1. The predicted octanol–water partition coefficient (Wildman–Crippen LogP) is 2.54. The molecule has 1 saturated carbocycles. The number of nitrogens with zero attached hydrogens (tertiary/aromatic N) is 2. The molecule has 0 aromatic carbocycles. The second-order valence-corrected chi connectivity index (χ2v) is 8.21. The van der Waals surface area contributed by atoms with E-state index in [4.69, 9.17) is 5.73 Å². The Bertz CT molecular complexity index is 517. The predicted molar refractivity (Wildman–Crippen MR) is 107 cm³/mol. The Hall–Kier alpha value is -0.0500. The molecule has 5 nitrogen and oxygen atoms in total. The maximum atomic E-state index is 12.3. The highest BCUT2D eigenvalue weighted by atomic mass is 35.5. The molecule has 3 N–H and O–H groups in total. The Morgan fingerprint density at radius 3 is 2.54 bits per heavy atom. The van der Waals surface area contributed by atoms with Crippen LogP contribution in [-0.4, -0.2) is 52.5 Å². The number of halogens is 2. The van der Waals surface area contributed by atoms with Crippen LogP contribution in [0.4, 0.5) is 0 Å². The summed E-state index contributed by atoms with van der Waals surface area (Å²) in [6.45, 7) is 3.43. The van der Waals surface area contributed by atoms with Crippen LogP contribution in [0, 0.1) is 0 Å². The van der Waals surface area contributed by atoms with Gasteiger partial charge in [-0.15, -0.1) is 36.2 Å². The lowest BCUT2D eigenvalue weighted by molar-refractivity contribution is 0.0814. The number of thioether (sulfide) groups is 1. The number of carbonyl (C=O) groups is 1. The smallest absolute Gasteiger partial charge is 0.270 e. The first-order chi connectivity index (χ1) is 10.7. The summed E-state index contributed by atoms with van der Waals surface area (Å²) in [5.74, 6) is 2.36. The first-order valence-corrected chi connectivity index (χ1v) is 10.0. The molecule has 0 atom stereocenters. The van der Waals surface area contributed by atoms with Crippen LogP contribution in [0.15, 0.2) is 5.38 Å². The van der Waals surface area contributed by atoms with E-state index in [0.29, 0.717) is 12.2 Å². The largest absolute Gasteiger partial charge is 0.349 e. The Balaban J connectivity index is 0.00000144. The number of nitrogens with one attached hydrogen (secondary N) is 1. The minimum absolute atomic E-state index is 0. The molecule has 9 heteroatoms. The summed E-state index contributed by atoms with van der Waals surface area (Å²) in [5, 5.41) is 5.75. The first-order valence-electron chi connectivity index (χ1n) is 7.99. The molecule has 0 spiro atoms. The van der Waals surface area contributed by atoms with Crippen molar-refractivity contribution in [1.82, 2.24) is 15.2 Å². The molecule has 138 valence electrons. The lowest BCUT2D eigenvalue weighted by Crippen LogP contribution is -2.56. The molecule has 0 unspecified atom stereocenters. The van der Waals surface area contributed by atoms with E-state index in [1.165, 1.54) is 48.5 Å². The van der Waals surface area contributed by atoms with Crippen molar-refractivity contribution in [1.29, 1.82) is 0 Å². The average Bonchev–Trinajstić information content (AvgIpc) is 3.23. The van der Waals surface area contributed by atoms with Gasteiger partial charge >= 0.3 is 0 Å². The van der Waals surface area contributed by atoms with E-state index in [1.54, 1.807) is 5.38 Å². The maximum absolute atomic E-state index is 12.3. The van der Waals surface area contributed by atoms with E-state index in [0.717, 1.165) is 24.6 Å². The molecule has 1 aliphatic carbocycles. The van der Waals surface area contributed by atoms with Crippen molar-refractivity contribution >= 4 is 53.8 Å². The van der Waals surface area contributed by atoms with Crippen LogP contribution in [0.2, 0.25) is 0 Å². The Kier molecular flexibility index (Phi) is 9.33. The van der Waals surface area contributed by atoms with E-state index in [1.807, 2.05) is 11.8 Å². The van der Waals surface area contributed by atoms with Gasteiger partial charge in [-0.05, 0) is 12.8 Å². The van der Waals surface area contributed by atoms with Gasteiger partial charge in [0, 0.05) is 48.6 Å². The minimum Gasteiger partial charge on any atom is -0.349 e. The van der Waals surface area contributed by atoms with Crippen LogP contribution >= 0.6 is 47.9 Å². The topological polar surface area (TPSA) is 71.2 Å². The van der Waals surface area contributed by atoms with Crippen LogP contribution in [-0.2, 0) is 6.54 Å². The number of rotatable bonds is 5. The number of amides is 1. The summed E-state index contributed by atoms with van der Waals surface area (Å²) in [7, 11) is 0. The van der Waals surface area contributed by atoms with Crippen molar-refractivity contribution in [3.05, 3.63) is 16.1 Å². The van der Waals surface area contributed by atoms with Crippen molar-refractivity contribution in [3.8, 4) is 0 Å². The zero-order valence-corrected chi connectivity index (χ0v) is 16.9. The number of carbonyl (C=O) groups excluding carboxylic acids is 1.